The van der Waals surface area contributed by atoms with E-state index in [1.165, 1.54) is 19.2 Å². The number of ether oxygens (including phenoxy) is 1. The minimum Gasteiger partial charge on any atom is -0.508 e. The molecule has 0 fully saturated rings. The maximum absolute atomic E-state index is 13.2. The van der Waals surface area contributed by atoms with Gasteiger partial charge in [-0.05, 0) is 56.2 Å². The summed E-state index contributed by atoms with van der Waals surface area (Å²) in [5.74, 6) is -5.01. The number of phenolic OH excluding ortho intramolecular Hbond substituents is 1. The fraction of sp³-hybridized carbons (Fsp3) is 0.607. The van der Waals surface area contributed by atoms with Gasteiger partial charge in [-0.1, -0.05) is 12.1 Å². The lowest BCUT2D eigenvalue weighted by atomic mass is 10.0. The molecule has 17 nitrogen and oxygen atoms in total. The maximum Gasteiger partial charge on any atom is 0.335 e. The lowest BCUT2D eigenvalue weighted by Crippen LogP contribution is -2.55. The van der Waals surface area contributed by atoms with Crippen molar-refractivity contribution < 1.29 is 59.3 Å². The van der Waals surface area contributed by atoms with Gasteiger partial charge in [-0.3, -0.25) is 20.1 Å². The Kier molecular flexibility index (Phi) is 17.6. The number of benzene rings is 1. The molecule has 7 atom stereocenters. The third kappa shape index (κ3) is 13.8. The number of carboxylic acid groups (broad SMARTS) is 1. The van der Waals surface area contributed by atoms with Crippen LogP contribution in [0.1, 0.15) is 44.1 Å². The molecule has 0 saturated heterocycles. The Labute approximate surface area is 259 Å². The lowest BCUT2D eigenvalue weighted by molar-refractivity contribution is -0.166. The van der Waals surface area contributed by atoms with Crippen LogP contribution in [0.4, 0.5) is 0 Å². The first kappa shape index (κ1) is 39.2. The number of rotatable bonds is 21. The van der Waals surface area contributed by atoms with Gasteiger partial charge < -0.3 is 57.1 Å². The molecular weight excluding hydrogens is 598 g/mol. The molecule has 12 N–H and O–H groups in total. The average molecular weight is 643 g/mol. The first-order chi connectivity index (χ1) is 21.2. The van der Waals surface area contributed by atoms with Gasteiger partial charge >= 0.3 is 11.9 Å². The van der Waals surface area contributed by atoms with Crippen LogP contribution in [0.3, 0.4) is 0 Å². The summed E-state index contributed by atoms with van der Waals surface area (Å²) in [4.78, 5) is 61.1. The highest BCUT2D eigenvalue weighted by molar-refractivity contribution is 5.92. The minimum absolute atomic E-state index is 0.00223. The fourth-order valence-electron chi connectivity index (χ4n) is 4.10. The van der Waals surface area contributed by atoms with Crippen molar-refractivity contribution in [3.05, 3.63) is 29.8 Å². The van der Waals surface area contributed by atoms with Crippen LogP contribution in [0.2, 0.25) is 0 Å². The number of nitrogens with one attached hydrogen (secondary N) is 4. The van der Waals surface area contributed by atoms with Crippen LogP contribution in [0, 0.1) is 0 Å². The molecule has 0 saturated carbocycles. The van der Waals surface area contributed by atoms with Crippen molar-refractivity contribution in [2.75, 3.05) is 20.2 Å². The van der Waals surface area contributed by atoms with E-state index in [1.54, 1.807) is 12.1 Å². The van der Waals surface area contributed by atoms with Crippen LogP contribution in [0.5, 0.6) is 5.75 Å². The fourth-order valence-corrected chi connectivity index (χ4v) is 4.10. The van der Waals surface area contributed by atoms with E-state index in [4.69, 9.17) is 21.3 Å². The molecule has 0 bridgehead atoms. The SMILES string of the molecule is COC(=O)C(CCCC[NH])NC(=O)[C@H](Cc1ccc(O)cc1)NC(=O)[C@@H](N)CCCCNC(=O)C(O)C(O)C(O)C(O)C(=O)O. The standard InChI is InChI=1S/C28H44N5O12/c1-45-28(44)18(7-2-4-12-29)32-25(40)19(14-15-8-10-16(34)11-9-15)33-24(39)17(30)6-3-5-13-31-26(41)22(37)20(35)21(36)23(38)27(42)43/h8-11,17-23,29,34-38H,2-7,12-14,30H2,1H3,(H,31,41)(H,32,40)(H,33,39)(H,42,43)/t17-,18?,19-,20?,21?,22?,23?/m0/s1. The van der Waals surface area contributed by atoms with Gasteiger partial charge in [-0.15, -0.1) is 0 Å². The molecule has 3 amide bonds. The van der Waals surface area contributed by atoms with Gasteiger partial charge in [0.2, 0.25) is 11.8 Å². The number of carbonyl (C=O) groups is 5. The van der Waals surface area contributed by atoms with Gasteiger partial charge in [-0.25, -0.2) is 9.59 Å². The number of aromatic hydroxyl groups is 1. The number of methoxy groups -OCH3 is 1. The number of carboxylic acids is 1. The molecule has 45 heavy (non-hydrogen) atoms. The van der Waals surface area contributed by atoms with Crippen LogP contribution < -0.4 is 27.4 Å². The van der Waals surface area contributed by atoms with Crippen LogP contribution >= 0.6 is 0 Å². The highest BCUT2D eigenvalue weighted by atomic mass is 16.5. The highest BCUT2D eigenvalue weighted by Gasteiger charge is 2.37. The topological polar surface area (TPSA) is 302 Å². The first-order valence-electron chi connectivity index (χ1n) is 14.3. The number of esters is 1. The van der Waals surface area contributed by atoms with E-state index in [0.29, 0.717) is 24.8 Å². The van der Waals surface area contributed by atoms with E-state index in [1.807, 2.05) is 0 Å². The number of hydrogen-bond acceptors (Lipinski definition) is 12. The summed E-state index contributed by atoms with van der Waals surface area (Å²) in [5.41, 5.74) is 13.9. The molecule has 0 aliphatic heterocycles. The first-order valence-corrected chi connectivity index (χ1v) is 14.3. The van der Waals surface area contributed by atoms with Crippen molar-refractivity contribution in [1.29, 1.82) is 0 Å². The Morgan fingerprint density at radius 3 is 1.98 bits per heavy atom. The van der Waals surface area contributed by atoms with Crippen molar-refractivity contribution in [3.63, 3.8) is 0 Å². The molecule has 0 aromatic heterocycles. The molecule has 0 aliphatic rings. The van der Waals surface area contributed by atoms with Crippen LogP contribution in [0.15, 0.2) is 24.3 Å². The van der Waals surface area contributed by atoms with Crippen LogP contribution in [0.25, 0.3) is 0 Å². The summed E-state index contributed by atoms with van der Waals surface area (Å²) in [7, 11) is 1.18. The molecule has 1 radical (unpaired) electrons. The molecule has 1 aromatic rings. The summed E-state index contributed by atoms with van der Waals surface area (Å²) in [5, 5.41) is 64.1. The number of aliphatic hydroxyl groups is 4. The largest absolute Gasteiger partial charge is 0.508 e. The van der Waals surface area contributed by atoms with Crippen molar-refractivity contribution in [2.24, 2.45) is 5.73 Å². The average Bonchev–Trinajstić information content (AvgIpc) is 3.02. The van der Waals surface area contributed by atoms with Gasteiger partial charge in [0.05, 0.1) is 13.2 Å². The minimum atomic E-state index is -2.42. The van der Waals surface area contributed by atoms with Crippen molar-refractivity contribution in [2.45, 2.75) is 87.5 Å². The van der Waals surface area contributed by atoms with E-state index >= 15 is 0 Å². The van der Waals surface area contributed by atoms with E-state index in [-0.39, 0.29) is 44.5 Å². The van der Waals surface area contributed by atoms with Gasteiger partial charge in [0, 0.05) is 19.5 Å². The molecule has 17 heteroatoms. The predicted octanol–water partition coefficient (Wildman–Crippen LogP) is -3.33. The monoisotopic (exact) mass is 642 g/mol. The Morgan fingerprint density at radius 1 is 0.822 bits per heavy atom. The summed E-state index contributed by atoms with van der Waals surface area (Å²) in [6.07, 6.45) is -7.34. The molecule has 1 rings (SSSR count). The Hall–Kier alpha value is -3.87. The molecule has 5 unspecified atom stereocenters. The molecule has 1 aromatic carbocycles. The number of amides is 3. The van der Waals surface area contributed by atoms with Crippen LogP contribution in [-0.2, 0) is 35.1 Å². The number of carbonyl (C=O) groups excluding carboxylic acids is 4. The Morgan fingerprint density at radius 2 is 1.40 bits per heavy atom. The van der Waals surface area contributed by atoms with Gasteiger partial charge in [0.15, 0.2) is 12.2 Å². The normalized spacial score (nSPS) is 15.8. The quantitative estimate of drug-likeness (QED) is 0.0464. The molecule has 253 valence electrons. The number of hydrogen-bond donors (Lipinski definition) is 10. The second-order valence-corrected chi connectivity index (χ2v) is 10.4. The number of nitrogens with two attached hydrogens (primary N) is 1. The number of phenols is 1. The second-order valence-electron chi connectivity index (χ2n) is 10.4. The third-order valence-electron chi connectivity index (χ3n) is 6.83. The number of aliphatic hydroxyl groups excluding tert-OH is 4. The van der Waals surface area contributed by atoms with E-state index in [0.717, 1.165) is 0 Å². The smallest absolute Gasteiger partial charge is 0.335 e. The lowest BCUT2D eigenvalue weighted by Gasteiger charge is -2.24. The summed E-state index contributed by atoms with van der Waals surface area (Å²) in [6.45, 7) is 0.107. The van der Waals surface area contributed by atoms with E-state index < -0.39 is 72.2 Å². The van der Waals surface area contributed by atoms with Gasteiger partial charge in [0.1, 0.15) is 30.0 Å². The van der Waals surface area contributed by atoms with Crippen LogP contribution in [-0.4, -0.2) is 123 Å². The van der Waals surface area contributed by atoms with Crippen molar-refractivity contribution in [3.8, 4) is 5.75 Å². The molecule has 0 aliphatic carbocycles. The molecule has 0 heterocycles. The molecular formula is C28H44N5O12. The number of aliphatic carboxylic acids is 1. The summed E-state index contributed by atoms with van der Waals surface area (Å²) in [6, 6.07) is 2.72. The number of unbranched alkanes of at least 4 members (excludes halogenated alkanes) is 2. The zero-order valence-corrected chi connectivity index (χ0v) is 24.9. The van der Waals surface area contributed by atoms with E-state index in [2.05, 4.69) is 16.0 Å². The predicted molar refractivity (Wildman–Crippen MR) is 156 cm³/mol. The summed E-state index contributed by atoms with van der Waals surface area (Å²) >= 11 is 0. The molecule has 0 spiro atoms. The van der Waals surface area contributed by atoms with Gasteiger partial charge in [-0.2, -0.15) is 0 Å². The highest BCUT2D eigenvalue weighted by Crippen LogP contribution is 2.13. The second kappa shape index (κ2) is 20.2. The Bertz CT molecular complexity index is 1110. The van der Waals surface area contributed by atoms with Crippen molar-refractivity contribution in [1.82, 2.24) is 21.7 Å². The van der Waals surface area contributed by atoms with E-state index in [9.17, 15) is 49.5 Å². The van der Waals surface area contributed by atoms with Crippen molar-refractivity contribution >= 4 is 29.7 Å². The van der Waals surface area contributed by atoms with Gasteiger partial charge in [0.25, 0.3) is 5.91 Å². The summed E-state index contributed by atoms with van der Waals surface area (Å²) < 4.78 is 4.78. The zero-order valence-electron chi connectivity index (χ0n) is 24.9. The maximum atomic E-state index is 13.2. The third-order valence-corrected chi connectivity index (χ3v) is 6.83. The Balaban J connectivity index is 2.73. The zero-order chi connectivity index (χ0) is 34.1.